The van der Waals surface area contributed by atoms with Gasteiger partial charge in [-0.15, -0.1) is 0 Å². The van der Waals surface area contributed by atoms with Gasteiger partial charge in [0.1, 0.15) is 0 Å². The average molecular weight is 270 g/mol. The molecule has 0 spiro atoms. The Hall–Kier alpha value is -1.77. The second-order valence-electron chi connectivity index (χ2n) is 6.21. The number of amides is 1. The molecule has 0 bridgehead atoms. The average Bonchev–Trinajstić information content (AvgIpc) is 3.19. The fourth-order valence-electron chi connectivity index (χ4n) is 2.78. The van der Waals surface area contributed by atoms with E-state index in [1.54, 1.807) is 0 Å². The van der Waals surface area contributed by atoms with Gasteiger partial charge in [0.2, 0.25) is 5.91 Å². The monoisotopic (exact) mass is 270 g/mol. The number of benzene rings is 1. The molecule has 2 aromatic rings. The topological polar surface area (TPSA) is 36.1 Å². The summed E-state index contributed by atoms with van der Waals surface area (Å²) >= 11 is 0. The van der Waals surface area contributed by atoms with Crippen molar-refractivity contribution in [2.24, 2.45) is 5.92 Å². The van der Waals surface area contributed by atoms with Gasteiger partial charge in [-0.2, -0.15) is 0 Å². The summed E-state index contributed by atoms with van der Waals surface area (Å²) in [7, 11) is 0. The molecule has 3 rings (SSSR count). The minimum absolute atomic E-state index is 0.269. The number of aromatic nitrogens is 1. The highest BCUT2D eigenvalue weighted by Gasteiger charge is 2.32. The van der Waals surface area contributed by atoms with Gasteiger partial charge < -0.3 is 9.88 Å². The minimum Gasteiger partial charge on any atom is -0.361 e. The lowest BCUT2D eigenvalue weighted by molar-refractivity contribution is -0.131. The first-order valence-electron chi connectivity index (χ1n) is 7.49. The summed E-state index contributed by atoms with van der Waals surface area (Å²) in [6.45, 7) is 5.23. The van der Waals surface area contributed by atoms with Gasteiger partial charge in [0, 0.05) is 29.7 Å². The van der Waals surface area contributed by atoms with Crippen LogP contribution in [0.25, 0.3) is 10.9 Å². The van der Waals surface area contributed by atoms with Crippen LogP contribution in [0.3, 0.4) is 0 Å². The molecule has 0 unspecified atom stereocenters. The smallest absolute Gasteiger partial charge is 0.227 e. The fraction of sp³-hybridized carbons (Fsp3) is 0.471. The summed E-state index contributed by atoms with van der Waals surface area (Å²) in [5, 5.41) is 1.17. The van der Waals surface area contributed by atoms with E-state index in [9.17, 15) is 4.79 Å². The molecule has 1 aromatic carbocycles. The van der Waals surface area contributed by atoms with Crippen LogP contribution in [-0.2, 0) is 11.2 Å². The predicted molar refractivity (Wildman–Crippen MR) is 81.6 cm³/mol. The van der Waals surface area contributed by atoms with Gasteiger partial charge >= 0.3 is 0 Å². The van der Waals surface area contributed by atoms with Gasteiger partial charge in [-0.3, -0.25) is 4.79 Å². The zero-order chi connectivity index (χ0) is 14.1. The first-order valence-corrected chi connectivity index (χ1v) is 7.49. The Morgan fingerprint density at radius 3 is 2.80 bits per heavy atom. The molecule has 0 saturated heterocycles. The molecular formula is C17H22N2O. The maximum Gasteiger partial charge on any atom is 0.227 e. The number of nitrogens with zero attached hydrogens (tertiary/aromatic N) is 1. The van der Waals surface area contributed by atoms with Crippen molar-refractivity contribution in [2.75, 3.05) is 6.54 Å². The highest BCUT2D eigenvalue weighted by atomic mass is 16.2. The van der Waals surface area contributed by atoms with E-state index in [0.29, 0.717) is 18.4 Å². The Labute approximate surface area is 120 Å². The number of fused-ring (bicyclic) bond motifs is 1. The van der Waals surface area contributed by atoms with Crippen molar-refractivity contribution in [3.63, 3.8) is 0 Å². The van der Waals surface area contributed by atoms with Crippen LogP contribution < -0.4 is 0 Å². The second kappa shape index (κ2) is 5.31. The van der Waals surface area contributed by atoms with Gasteiger partial charge in [-0.1, -0.05) is 32.0 Å². The standard InChI is InChI=1S/C17H22N2O/c1-12(2)11-19(14-7-8-14)17(20)9-13-10-18-16-6-4-3-5-15(13)16/h3-6,10,12,14,18H,7-9,11H2,1-2H3. The van der Waals surface area contributed by atoms with Crippen molar-refractivity contribution >= 4 is 16.8 Å². The molecule has 1 aliphatic rings. The van der Waals surface area contributed by atoms with Crippen LogP contribution in [0, 0.1) is 5.92 Å². The highest BCUT2D eigenvalue weighted by Crippen LogP contribution is 2.29. The SMILES string of the molecule is CC(C)CN(C(=O)Cc1c[nH]c2ccccc12)C1CC1. The van der Waals surface area contributed by atoms with Gasteiger partial charge in [0.15, 0.2) is 0 Å². The summed E-state index contributed by atoms with van der Waals surface area (Å²) in [6.07, 6.45) is 4.83. The molecule has 106 valence electrons. The van der Waals surface area contributed by atoms with E-state index >= 15 is 0 Å². The van der Waals surface area contributed by atoms with Crippen LogP contribution in [0.1, 0.15) is 32.3 Å². The lowest BCUT2D eigenvalue weighted by Gasteiger charge is -2.24. The number of carbonyl (C=O) groups excluding carboxylic acids is 1. The predicted octanol–water partition coefficient (Wildman–Crippen LogP) is 3.36. The number of para-hydroxylation sites is 1. The fourth-order valence-corrected chi connectivity index (χ4v) is 2.78. The molecule has 1 aliphatic carbocycles. The quantitative estimate of drug-likeness (QED) is 0.888. The first-order chi connectivity index (χ1) is 9.65. The van der Waals surface area contributed by atoms with Crippen LogP contribution in [-0.4, -0.2) is 28.4 Å². The Bertz CT molecular complexity index is 610. The lowest BCUT2D eigenvalue weighted by atomic mass is 10.1. The van der Waals surface area contributed by atoms with Gasteiger partial charge in [0.05, 0.1) is 6.42 Å². The number of H-pyrrole nitrogens is 1. The van der Waals surface area contributed by atoms with Crippen molar-refractivity contribution in [1.82, 2.24) is 9.88 Å². The van der Waals surface area contributed by atoms with E-state index < -0.39 is 0 Å². The number of rotatable bonds is 5. The Morgan fingerprint density at radius 1 is 1.35 bits per heavy atom. The number of hydrogen-bond donors (Lipinski definition) is 1. The largest absolute Gasteiger partial charge is 0.361 e. The van der Waals surface area contributed by atoms with E-state index in [0.717, 1.165) is 17.6 Å². The molecule has 3 nitrogen and oxygen atoms in total. The van der Waals surface area contributed by atoms with Gasteiger partial charge in [0.25, 0.3) is 0 Å². The second-order valence-corrected chi connectivity index (χ2v) is 6.21. The maximum absolute atomic E-state index is 12.6. The summed E-state index contributed by atoms with van der Waals surface area (Å²) in [6, 6.07) is 8.67. The maximum atomic E-state index is 12.6. The van der Waals surface area contributed by atoms with Crippen LogP contribution in [0.2, 0.25) is 0 Å². The first kappa shape index (κ1) is 13.2. The molecule has 1 amide bonds. The summed E-state index contributed by atoms with van der Waals surface area (Å²) in [4.78, 5) is 17.9. The summed E-state index contributed by atoms with van der Waals surface area (Å²) in [5.74, 6) is 0.800. The molecule has 0 radical (unpaired) electrons. The normalized spacial score (nSPS) is 14.9. The van der Waals surface area contributed by atoms with Crippen LogP contribution in [0.4, 0.5) is 0 Å². The molecule has 1 saturated carbocycles. The third-order valence-electron chi connectivity index (χ3n) is 3.89. The molecule has 0 aliphatic heterocycles. The van der Waals surface area contributed by atoms with E-state index in [2.05, 4.69) is 35.9 Å². The Kier molecular flexibility index (Phi) is 3.51. The molecular weight excluding hydrogens is 248 g/mol. The zero-order valence-electron chi connectivity index (χ0n) is 12.2. The number of hydrogen-bond acceptors (Lipinski definition) is 1. The van der Waals surface area contributed by atoms with Crippen molar-refractivity contribution in [3.8, 4) is 0 Å². The zero-order valence-corrected chi connectivity index (χ0v) is 12.2. The van der Waals surface area contributed by atoms with E-state index in [1.807, 2.05) is 18.3 Å². The van der Waals surface area contributed by atoms with Crippen molar-refractivity contribution in [2.45, 2.75) is 39.2 Å². The number of aromatic amines is 1. The van der Waals surface area contributed by atoms with Crippen LogP contribution >= 0.6 is 0 Å². The third kappa shape index (κ3) is 2.72. The van der Waals surface area contributed by atoms with Crippen LogP contribution in [0.15, 0.2) is 30.5 Å². The van der Waals surface area contributed by atoms with Crippen molar-refractivity contribution in [1.29, 1.82) is 0 Å². The van der Waals surface area contributed by atoms with Gasteiger partial charge in [-0.05, 0) is 30.4 Å². The van der Waals surface area contributed by atoms with Crippen molar-refractivity contribution < 1.29 is 4.79 Å². The highest BCUT2D eigenvalue weighted by molar-refractivity contribution is 5.89. The molecule has 1 heterocycles. The number of carbonyl (C=O) groups is 1. The van der Waals surface area contributed by atoms with Crippen LogP contribution in [0.5, 0.6) is 0 Å². The van der Waals surface area contributed by atoms with E-state index in [4.69, 9.17) is 0 Å². The van der Waals surface area contributed by atoms with E-state index in [-0.39, 0.29) is 5.91 Å². The van der Waals surface area contributed by atoms with Gasteiger partial charge in [-0.25, -0.2) is 0 Å². The Morgan fingerprint density at radius 2 is 2.10 bits per heavy atom. The molecule has 1 N–H and O–H groups in total. The van der Waals surface area contributed by atoms with E-state index in [1.165, 1.54) is 18.2 Å². The molecule has 1 aromatic heterocycles. The lowest BCUT2D eigenvalue weighted by Crippen LogP contribution is -2.37. The molecule has 0 atom stereocenters. The molecule has 1 fully saturated rings. The Balaban J connectivity index is 1.77. The third-order valence-corrected chi connectivity index (χ3v) is 3.89. The van der Waals surface area contributed by atoms with Crippen molar-refractivity contribution in [3.05, 3.63) is 36.0 Å². The summed E-state index contributed by atoms with van der Waals surface area (Å²) in [5.41, 5.74) is 2.22. The summed E-state index contributed by atoms with van der Waals surface area (Å²) < 4.78 is 0. The minimum atomic E-state index is 0.269. The molecule has 20 heavy (non-hydrogen) atoms. The molecule has 3 heteroatoms. The number of nitrogens with one attached hydrogen (secondary N) is 1.